The number of primary amides is 1. The summed E-state index contributed by atoms with van der Waals surface area (Å²) in [5, 5.41) is 9.50. The van der Waals surface area contributed by atoms with E-state index in [4.69, 9.17) is 5.73 Å². The van der Waals surface area contributed by atoms with Gasteiger partial charge in [-0.05, 0) is 68.1 Å². The Kier molecular flexibility index (Phi) is 7.36. The number of carbonyl (C=O) groups excluding carboxylic acids is 1. The van der Waals surface area contributed by atoms with Crippen LogP contribution >= 0.6 is 0 Å². The first kappa shape index (κ1) is 20.9. The van der Waals surface area contributed by atoms with Gasteiger partial charge in [0.15, 0.2) is 0 Å². The average molecular weight is 370 g/mol. The highest BCUT2D eigenvalue weighted by Crippen LogP contribution is 2.35. The first-order valence-electron chi connectivity index (χ1n) is 9.43. The first-order valence-corrected chi connectivity index (χ1v) is 9.43. The van der Waals surface area contributed by atoms with E-state index in [0.29, 0.717) is 6.42 Å². The molecular weight excluding hydrogens is 338 g/mol. The Morgan fingerprint density at radius 1 is 1.19 bits per heavy atom. The van der Waals surface area contributed by atoms with Crippen LogP contribution in [0.5, 0.6) is 5.75 Å². The second-order valence-electron chi connectivity index (χ2n) is 7.79. The lowest BCUT2D eigenvalue weighted by Gasteiger charge is -2.33. The van der Waals surface area contributed by atoms with Crippen LogP contribution in [0.15, 0.2) is 48.8 Å². The van der Waals surface area contributed by atoms with Gasteiger partial charge in [0.2, 0.25) is 5.91 Å². The Morgan fingerprint density at radius 2 is 1.85 bits per heavy atom. The van der Waals surface area contributed by atoms with Crippen LogP contribution in [0.3, 0.4) is 0 Å². The molecule has 0 aliphatic heterocycles. The van der Waals surface area contributed by atoms with Gasteiger partial charge in [0.1, 0.15) is 5.75 Å². The van der Waals surface area contributed by atoms with Gasteiger partial charge in [0, 0.05) is 24.4 Å². The molecule has 0 bridgehead atoms. The van der Waals surface area contributed by atoms with E-state index in [1.165, 1.54) is 0 Å². The Bertz CT molecular complexity index is 714. The van der Waals surface area contributed by atoms with E-state index in [1.807, 2.05) is 44.6 Å². The van der Waals surface area contributed by atoms with E-state index < -0.39 is 0 Å². The number of phenolic OH excluding ortho intramolecular Hbond substituents is 1. The molecule has 3 N–H and O–H groups in total. The molecule has 0 aliphatic rings. The number of nitrogens with two attached hydrogens (primary N) is 1. The number of hydrogen-bond acceptors (Lipinski definition) is 4. The van der Waals surface area contributed by atoms with E-state index in [0.717, 1.165) is 17.5 Å². The lowest BCUT2D eigenvalue weighted by molar-refractivity contribution is -0.123. The monoisotopic (exact) mass is 369 g/mol. The molecule has 0 fully saturated rings. The second-order valence-corrected chi connectivity index (χ2v) is 7.79. The number of benzene rings is 1. The largest absolute Gasteiger partial charge is 0.508 e. The van der Waals surface area contributed by atoms with Gasteiger partial charge in [-0.2, -0.15) is 0 Å². The molecular formula is C22H31N3O2. The Balaban J connectivity index is 2.27. The molecule has 0 saturated carbocycles. The summed E-state index contributed by atoms with van der Waals surface area (Å²) in [6, 6.07) is 11.3. The fourth-order valence-electron chi connectivity index (χ4n) is 3.77. The molecule has 0 radical (unpaired) electrons. The minimum Gasteiger partial charge on any atom is -0.508 e. The van der Waals surface area contributed by atoms with E-state index in [9.17, 15) is 9.90 Å². The topological polar surface area (TPSA) is 79.5 Å². The van der Waals surface area contributed by atoms with Crippen molar-refractivity contribution in [3.63, 3.8) is 0 Å². The number of aromatic nitrogens is 1. The highest BCUT2D eigenvalue weighted by molar-refractivity contribution is 5.78. The maximum Gasteiger partial charge on any atom is 0.221 e. The molecule has 2 unspecified atom stereocenters. The Labute approximate surface area is 162 Å². The summed E-state index contributed by atoms with van der Waals surface area (Å²) in [7, 11) is 4.05. The van der Waals surface area contributed by atoms with E-state index in [-0.39, 0.29) is 35.5 Å². The second kappa shape index (κ2) is 9.51. The van der Waals surface area contributed by atoms with Gasteiger partial charge >= 0.3 is 0 Å². The maximum absolute atomic E-state index is 12.4. The Morgan fingerprint density at radius 3 is 2.33 bits per heavy atom. The van der Waals surface area contributed by atoms with Gasteiger partial charge in [0.25, 0.3) is 0 Å². The SMILES string of the molecule is CC(C)C(c1cccnc1)C(C[C@@H](Cc1ccc(O)cc1)N(C)C)C(N)=O. The zero-order chi connectivity index (χ0) is 20.0. The number of phenols is 1. The normalized spacial score (nSPS) is 14.9. The molecule has 1 aromatic heterocycles. The summed E-state index contributed by atoms with van der Waals surface area (Å²) in [5.41, 5.74) is 8.04. The number of amides is 1. The molecule has 1 aromatic carbocycles. The molecule has 1 amide bonds. The van der Waals surface area contributed by atoms with Crippen molar-refractivity contribution in [3.05, 3.63) is 59.9 Å². The summed E-state index contributed by atoms with van der Waals surface area (Å²) < 4.78 is 0. The maximum atomic E-state index is 12.4. The summed E-state index contributed by atoms with van der Waals surface area (Å²) >= 11 is 0. The molecule has 0 saturated heterocycles. The van der Waals surface area contributed by atoms with Crippen LogP contribution < -0.4 is 5.73 Å². The third kappa shape index (κ3) is 5.79. The molecule has 146 valence electrons. The van der Waals surface area contributed by atoms with Crippen molar-refractivity contribution in [3.8, 4) is 5.75 Å². The molecule has 2 aromatic rings. The predicted octanol–water partition coefficient (Wildman–Crippen LogP) is 3.19. The van der Waals surface area contributed by atoms with Crippen molar-refractivity contribution >= 4 is 5.91 Å². The molecule has 1 heterocycles. The quantitative estimate of drug-likeness (QED) is 0.711. The minimum absolute atomic E-state index is 0.0264. The summed E-state index contributed by atoms with van der Waals surface area (Å²) in [4.78, 5) is 18.8. The Hall–Kier alpha value is -2.40. The van der Waals surface area contributed by atoms with Gasteiger partial charge in [-0.15, -0.1) is 0 Å². The third-order valence-corrected chi connectivity index (χ3v) is 5.25. The molecule has 0 aliphatic carbocycles. The molecule has 0 spiro atoms. The summed E-state index contributed by atoms with van der Waals surface area (Å²) in [5.74, 6) is 0.00194. The standard InChI is InChI=1S/C22H31N3O2/c1-15(2)21(17-6-5-11-24-14-17)20(22(23)27)13-18(25(3)4)12-16-7-9-19(26)10-8-16/h5-11,14-15,18,20-21,26H,12-13H2,1-4H3,(H2,23,27)/t18-,20?,21?/m1/s1. The smallest absolute Gasteiger partial charge is 0.221 e. The fraction of sp³-hybridized carbons (Fsp3) is 0.455. The number of hydrogen-bond donors (Lipinski definition) is 2. The van der Waals surface area contributed by atoms with E-state index in [1.54, 1.807) is 18.3 Å². The van der Waals surface area contributed by atoms with E-state index in [2.05, 4.69) is 23.7 Å². The van der Waals surface area contributed by atoms with Crippen LogP contribution in [-0.2, 0) is 11.2 Å². The number of pyridine rings is 1. The lowest BCUT2D eigenvalue weighted by Crippen LogP contribution is -2.39. The first-order chi connectivity index (χ1) is 12.8. The number of nitrogens with zero attached hydrogens (tertiary/aromatic N) is 2. The number of rotatable bonds is 9. The van der Waals surface area contributed by atoms with Crippen LogP contribution in [0.4, 0.5) is 0 Å². The van der Waals surface area contributed by atoms with Crippen molar-refractivity contribution in [2.45, 2.75) is 38.6 Å². The molecule has 3 atom stereocenters. The van der Waals surface area contributed by atoms with Gasteiger partial charge in [-0.1, -0.05) is 32.0 Å². The molecule has 27 heavy (non-hydrogen) atoms. The van der Waals surface area contributed by atoms with Crippen molar-refractivity contribution in [2.75, 3.05) is 14.1 Å². The zero-order valence-corrected chi connectivity index (χ0v) is 16.7. The van der Waals surface area contributed by atoms with Crippen LogP contribution in [0.1, 0.15) is 37.3 Å². The van der Waals surface area contributed by atoms with Crippen molar-refractivity contribution in [1.82, 2.24) is 9.88 Å². The molecule has 5 heteroatoms. The molecule has 5 nitrogen and oxygen atoms in total. The predicted molar refractivity (Wildman–Crippen MR) is 108 cm³/mol. The highest BCUT2D eigenvalue weighted by atomic mass is 16.3. The van der Waals surface area contributed by atoms with Crippen LogP contribution in [0.25, 0.3) is 0 Å². The zero-order valence-electron chi connectivity index (χ0n) is 16.7. The summed E-state index contributed by atoms with van der Waals surface area (Å²) in [6.45, 7) is 4.25. The van der Waals surface area contributed by atoms with Crippen molar-refractivity contribution in [2.24, 2.45) is 17.6 Å². The average Bonchev–Trinajstić information content (AvgIpc) is 2.62. The highest BCUT2D eigenvalue weighted by Gasteiger charge is 2.33. The number of aromatic hydroxyl groups is 1. The minimum atomic E-state index is -0.279. The number of carbonyl (C=O) groups is 1. The van der Waals surface area contributed by atoms with Crippen molar-refractivity contribution < 1.29 is 9.90 Å². The van der Waals surface area contributed by atoms with Gasteiger partial charge < -0.3 is 15.7 Å². The number of likely N-dealkylation sites (N-methyl/N-ethyl adjacent to an activating group) is 1. The fourth-order valence-corrected chi connectivity index (χ4v) is 3.77. The van der Waals surface area contributed by atoms with Crippen LogP contribution in [0, 0.1) is 11.8 Å². The van der Waals surface area contributed by atoms with E-state index >= 15 is 0 Å². The molecule has 2 rings (SSSR count). The third-order valence-electron chi connectivity index (χ3n) is 5.25. The van der Waals surface area contributed by atoms with Crippen LogP contribution in [-0.4, -0.2) is 41.0 Å². The van der Waals surface area contributed by atoms with Crippen molar-refractivity contribution in [1.29, 1.82) is 0 Å². The summed E-state index contributed by atoms with van der Waals surface area (Å²) in [6.07, 6.45) is 5.04. The van der Waals surface area contributed by atoms with Gasteiger partial charge in [0.05, 0.1) is 0 Å². The van der Waals surface area contributed by atoms with Gasteiger partial charge in [-0.3, -0.25) is 9.78 Å². The lowest BCUT2D eigenvalue weighted by atomic mass is 9.75. The van der Waals surface area contributed by atoms with Crippen LogP contribution in [0.2, 0.25) is 0 Å². The van der Waals surface area contributed by atoms with Gasteiger partial charge in [-0.25, -0.2) is 0 Å².